The van der Waals surface area contributed by atoms with Gasteiger partial charge >= 0.3 is 5.97 Å². The van der Waals surface area contributed by atoms with Crippen molar-refractivity contribution in [3.05, 3.63) is 63.7 Å². The number of para-hydroxylation sites is 1. The molecule has 138 valence electrons. The Kier molecular flexibility index (Phi) is 5.82. The summed E-state index contributed by atoms with van der Waals surface area (Å²) in [7, 11) is 0. The van der Waals surface area contributed by atoms with Crippen molar-refractivity contribution < 1.29 is 19.2 Å². The van der Waals surface area contributed by atoms with Crippen LogP contribution in [-0.2, 0) is 9.53 Å². The van der Waals surface area contributed by atoms with Crippen LogP contribution in [0.4, 0.5) is 5.69 Å². The number of aromatic nitrogens is 1. The monoisotopic (exact) mass is 402 g/mol. The normalized spacial score (nSPS) is 10.7. The smallest absolute Gasteiger partial charge is 0.316 e. The summed E-state index contributed by atoms with van der Waals surface area (Å²) in [6.45, 7) is 1.13. The third-order valence-corrected chi connectivity index (χ3v) is 5.83. The van der Waals surface area contributed by atoms with E-state index in [9.17, 15) is 19.7 Å². The first-order valence-electron chi connectivity index (χ1n) is 7.86. The fraction of sp³-hybridized carbons (Fsp3) is 0.167. The molecule has 0 fully saturated rings. The van der Waals surface area contributed by atoms with Crippen LogP contribution in [0.5, 0.6) is 0 Å². The summed E-state index contributed by atoms with van der Waals surface area (Å²) in [6, 6.07) is 11.8. The molecule has 0 aliphatic heterocycles. The maximum Gasteiger partial charge on any atom is 0.316 e. The maximum absolute atomic E-state index is 12.1. The Morgan fingerprint density at radius 1 is 1.26 bits per heavy atom. The summed E-state index contributed by atoms with van der Waals surface area (Å²) in [5.74, 6) is -1.01. The number of nitro groups is 1. The molecule has 0 radical (unpaired) electrons. The van der Waals surface area contributed by atoms with Crippen LogP contribution in [0.1, 0.15) is 15.9 Å². The van der Waals surface area contributed by atoms with Crippen molar-refractivity contribution in [3.63, 3.8) is 0 Å². The van der Waals surface area contributed by atoms with Gasteiger partial charge in [-0.15, -0.1) is 11.3 Å². The third-order valence-electron chi connectivity index (χ3n) is 3.68. The fourth-order valence-electron chi connectivity index (χ4n) is 2.28. The zero-order chi connectivity index (χ0) is 19.4. The summed E-state index contributed by atoms with van der Waals surface area (Å²) in [5.41, 5.74) is 1.33. The second-order valence-electron chi connectivity index (χ2n) is 5.58. The summed E-state index contributed by atoms with van der Waals surface area (Å²) in [5, 5.41) is 10.9. The van der Waals surface area contributed by atoms with Gasteiger partial charge in [0.05, 0.1) is 20.9 Å². The predicted molar refractivity (Wildman–Crippen MR) is 103 cm³/mol. The molecule has 2 aromatic carbocycles. The number of rotatable bonds is 7. The molecule has 27 heavy (non-hydrogen) atoms. The standard InChI is InChI=1S/C18H14N2O5S2/c1-11-6-7-12(8-14(11)20(23)24)15(21)9-25-17(22)10-26-18-19-13-4-2-3-5-16(13)27-18/h2-8H,9-10H2,1H3. The number of Topliss-reactive ketones (excluding diaryl/α,β-unsaturated/α-hetero) is 1. The zero-order valence-corrected chi connectivity index (χ0v) is 15.8. The number of nitrogens with zero attached hydrogens (tertiary/aromatic N) is 2. The quantitative estimate of drug-likeness (QED) is 0.193. The van der Waals surface area contributed by atoms with Crippen molar-refractivity contribution in [2.24, 2.45) is 0 Å². The number of hydrogen-bond donors (Lipinski definition) is 0. The molecular weight excluding hydrogens is 388 g/mol. The number of thiazole rings is 1. The highest BCUT2D eigenvalue weighted by atomic mass is 32.2. The van der Waals surface area contributed by atoms with Gasteiger partial charge in [-0.25, -0.2) is 4.98 Å². The molecule has 0 atom stereocenters. The van der Waals surface area contributed by atoms with E-state index >= 15 is 0 Å². The molecule has 3 aromatic rings. The number of ether oxygens (including phenoxy) is 1. The Labute approximate surface area is 162 Å². The number of aryl methyl sites for hydroxylation is 1. The van der Waals surface area contributed by atoms with Crippen molar-refractivity contribution in [1.82, 2.24) is 4.98 Å². The topological polar surface area (TPSA) is 99.4 Å². The SMILES string of the molecule is Cc1ccc(C(=O)COC(=O)CSc2nc3ccccc3s2)cc1[N+](=O)[O-]. The number of ketones is 1. The van der Waals surface area contributed by atoms with Crippen LogP contribution in [0.25, 0.3) is 10.2 Å². The average Bonchev–Trinajstić information content (AvgIpc) is 3.07. The van der Waals surface area contributed by atoms with E-state index in [1.165, 1.54) is 41.3 Å². The molecule has 1 aromatic heterocycles. The van der Waals surface area contributed by atoms with Crippen molar-refractivity contribution >= 4 is 50.8 Å². The molecule has 3 rings (SSSR count). The average molecular weight is 402 g/mol. The van der Waals surface area contributed by atoms with Crippen molar-refractivity contribution in [3.8, 4) is 0 Å². The number of fused-ring (bicyclic) bond motifs is 1. The number of carbonyl (C=O) groups is 2. The van der Waals surface area contributed by atoms with Gasteiger partial charge in [-0.05, 0) is 19.1 Å². The molecule has 0 aliphatic rings. The summed E-state index contributed by atoms with van der Waals surface area (Å²) in [6.07, 6.45) is 0. The lowest BCUT2D eigenvalue weighted by Crippen LogP contribution is -2.15. The van der Waals surface area contributed by atoms with Crippen LogP contribution in [-0.4, -0.2) is 34.0 Å². The first-order valence-corrected chi connectivity index (χ1v) is 9.66. The third kappa shape index (κ3) is 4.69. The number of nitro benzene ring substituents is 1. The second kappa shape index (κ2) is 8.28. The molecule has 0 saturated carbocycles. The molecule has 9 heteroatoms. The molecule has 0 amide bonds. The number of carbonyl (C=O) groups excluding carboxylic acids is 2. The minimum absolute atomic E-state index is 0.0289. The van der Waals surface area contributed by atoms with Gasteiger partial charge in [0.15, 0.2) is 10.9 Å². The van der Waals surface area contributed by atoms with Crippen molar-refractivity contribution in [2.75, 3.05) is 12.4 Å². The molecule has 7 nitrogen and oxygen atoms in total. The molecule has 0 bridgehead atoms. The van der Waals surface area contributed by atoms with Gasteiger partial charge in [-0.2, -0.15) is 0 Å². The molecule has 0 unspecified atom stereocenters. The van der Waals surface area contributed by atoms with Crippen LogP contribution in [0.2, 0.25) is 0 Å². The van der Waals surface area contributed by atoms with Crippen LogP contribution in [0, 0.1) is 17.0 Å². The van der Waals surface area contributed by atoms with Gasteiger partial charge in [0.1, 0.15) is 0 Å². The van der Waals surface area contributed by atoms with E-state index in [-0.39, 0.29) is 17.0 Å². The van der Waals surface area contributed by atoms with E-state index in [1.54, 1.807) is 6.92 Å². The van der Waals surface area contributed by atoms with Gasteiger partial charge in [0.25, 0.3) is 5.69 Å². The van der Waals surface area contributed by atoms with E-state index < -0.39 is 23.3 Å². The number of esters is 1. The highest BCUT2D eigenvalue weighted by molar-refractivity contribution is 8.01. The van der Waals surface area contributed by atoms with Crippen LogP contribution in [0.3, 0.4) is 0 Å². The number of hydrogen-bond acceptors (Lipinski definition) is 8. The predicted octanol–water partition coefficient (Wildman–Crippen LogP) is 4.03. The van der Waals surface area contributed by atoms with E-state index in [4.69, 9.17) is 4.74 Å². The molecule has 0 aliphatic carbocycles. The largest absolute Gasteiger partial charge is 0.457 e. The summed E-state index contributed by atoms with van der Waals surface area (Å²) < 4.78 is 6.76. The lowest BCUT2D eigenvalue weighted by Gasteiger charge is -2.04. The van der Waals surface area contributed by atoms with Crippen LogP contribution < -0.4 is 0 Å². The highest BCUT2D eigenvalue weighted by Crippen LogP contribution is 2.29. The first kappa shape index (κ1) is 19.0. The molecule has 1 heterocycles. The minimum atomic E-state index is -0.549. The lowest BCUT2D eigenvalue weighted by molar-refractivity contribution is -0.385. The molecule has 0 N–H and O–H groups in total. The summed E-state index contributed by atoms with van der Waals surface area (Å²) in [4.78, 5) is 38.8. The van der Waals surface area contributed by atoms with Crippen molar-refractivity contribution in [2.45, 2.75) is 11.3 Å². The van der Waals surface area contributed by atoms with Gasteiger partial charge in [0, 0.05) is 17.2 Å². The Bertz CT molecular complexity index is 999. The molecule has 0 saturated heterocycles. The Morgan fingerprint density at radius 3 is 2.78 bits per heavy atom. The van der Waals surface area contributed by atoms with Crippen molar-refractivity contribution in [1.29, 1.82) is 0 Å². The first-order chi connectivity index (χ1) is 12.9. The van der Waals surface area contributed by atoms with Gasteiger partial charge in [-0.1, -0.05) is 36.0 Å². The molecular formula is C18H14N2O5S2. The highest BCUT2D eigenvalue weighted by Gasteiger charge is 2.16. The molecule has 0 spiro atoms. The number of thioether (sulfide) groups is 1. The fourth-order valence-corrected chi connectivity index (χ4v) is 4.15. The van der Waals surface area contributed by atoms with Crippen LogP contribution >= 0.6 is 23.1 Å². The second-order valence-corrected chi connectivity index (χ2v) is 7.83. The van der Waals surface area contributed by atoms with E-state index in [0.29, 0.717) is 5.56 Å². The number of benzene rings is 2. The zero-order valence-electron chi connectivity index (χ0n) is 14.2. The summed E-state index contributed by atoms with van der Waals surface area (Å²) >= 11 is 2.72. The Hall–Kier alpha value is -2.78. The van der Waals surface area contributed by atoms with Gasteiger partial charge < -0.3 is 4.74 Å². The van der Waals surface area contributed by atoms with E-state index in [1.807, 2.05) is 24.3 Å². The lowest BCUT2D eigenvalue weighted by atomic mass is 10.1. The van der Waals surface area contributed by atoms with E-state index in [0.717, 1.165) is 14.6 Å². The van der Waals surface area contributed by atoms with Crippen LogP contribution in [0.15, 0.2) is 46.8 Å². The Morgan fingerprint density at radius 2 is 2.04 bits per heavy atom. The maximum atomic E-state index is 12.1. The minimum Gasteiger partial charge on any atom is -0.457 e. The van der Waals surface area contributed by atoms with Gasteiger partial charge in [0.2, 0.25) is 5.78 Å². The van der Waals surface area contributed by atoms with E-state index in [2.05, 4.69) is 4.98 Å². The Balaban J connectivity index is 1.53. The van der Waals surface area contributed by atoms with Gasteiger partial charge in [-0.3, -0.25) is 19.7 Å².